The number of hydrogen-bond acceptors (Lipinski definition) is 2. The monoisotopic (exact) mass is 193 g/mol. The maximum Gasteiger partial charge on any atom is 0.237 e. The summed E-state index contributed by atoms with van der Waals surface area (Å²) in [6, 6.07) is 0. The molecule has 64 valence electrons. The van der Waals surface area contributed by atoms with Crippen molar-refractivity contribution in [3.63, 3.8) is 0 Å². The minimum atomic E-state index is 0.0779. The quantitative estimate of drug-likeness (QED) is 0.584. The Hall–Kier alpha value is 0.110. The molecule has 11 heavy (non-hydrogen) atoms. The topological polar surface area (TPSA) is 20.3 Å². The smallest absolute Gasteiger partial charge is 0.237 e. The Morgan fingerprint density at radius 3 is 3.00 bits per heavy atom. The van der Waals surface area contributed by atoms with Crippen LogP contribution in [0.1, 0.15) is 6.42 Å². The second-order valence-corrected chi connectivity index (χ2v) is 3.97. The SMILES string of the molecule is O=C(CCl)N1CCCSCC1. The molecule has 0 aromatic rings. The van der Waals surface area contributed by atoms with Crippen LogP contribution in [-0.4, -0.2) is 41.3 Å². The molecule has 0 bridgehead atoms. The van der Waals surface area contributed by atoms with Crippen LogP contribution in [0.5, 0.6) is 0 Å². The average molecular weight is 194 g/mol. The van der Waals surface area contributed by atoms with E-state index in [2.05, 4.69) is 0 Å². The average Bonchev–Trinajstić information content (AvgIpc) is 2.30. The molecule has 1 aliphatic heterocycles. The maximum absolute atomic E-state index is 11.1. The van der Waals surface area contributed by atoms with E-state index < -0.39 is 0 Å². The minimum Gasteiger partial charge on any atom is -0.341 e. The Morgan fingerprint density at radius 2 is 2.27 bits per heavy atom. The zero-order valence-corrected chi connectivity index (χ0v) is 7.96. The van der Waals surface area contributed by atoms with Crippen LogP contribution in [0.4, 0.5) is 0 Å². The van der Waals surface area contributed by atoms with Gasteiger partial charge in [-0.1, -0.05) is 0 Å². The van der Waals surface area contributed by atoms with Crippen LogP contribution in [0.2, 0.25) is 0 Å². The van der Waals surface area contributed by atoms with E-state index in [9.17, 15) is 4.79 Å². The van der Waals surface area contributed by atoms with Crippen molar-refractivity contribution in [3.8, 4) is 0 Å². The van der Waals surface area contributed by atoms with E-state index in [1.807, 2.05) is 16.7 Å². The first-order valence-electron chi connectivity index (χ1n) is 3.76. The molecule has 1 rings (SSSR count). The Labute approximate surface area is 76.3 Å². The molecule has 0 saturated carbocycles. The number of carbonyl (C=O) groups excluding carboxylic acids is 1. The van der Waals surface area contributed by atoms with Gasteiger partial charge in [0.2, 0.25) is 5.91 Å². The lowest BCUT2D eigenvalue weighted by Crippen LogP contribution is -2.33. The highest BCUT2D eigenvalue weighted by Crippen LogP contribution is 2.09. The summed E-state index contributed by atoms with van der Waals surface area (Å²) in [6.45, 7) is 1.76. The first-order valence-corrected chi connectivity index (χ1v) is 5.45. The molecule has 0 radical (unpaired) electrons. The second-order valence-electron chi connectivity index (χ2n) is 2.48. The van der Waals surface area contributed by atoms with Gasteiger partial charge in [-0.15, -0.1) is 11.6 Å². The number of alkyl halides is 1. The molecule has 0 aliphatic carbocycles. The van der Waals surface area contributed by atoms with E-state index in [1.165, 1.54) is 5.75 Å². The Bertz CT molecular complexity index is 134. The molecular weight excluding hydrogens is 182 g/mol. The fourth-order valence-corrected chi connectivity index (χ4v) is 2.14. The lowest BCUT2D eigenvalue weighted by molar-refractivity contribution is -0.128. The van der Waals surface area contributed by atoms with E-state index in [1.54, 1.807) is 0 Å². The van der Waals surface area contributed by atoms with Crippen molar-refractivity contribution < 1.29 is 4.79 Å². The van der Waals surface area contributed by atoms with Gasteiger partial charge in [0.1, 0.15) is 5.88 Å². The molecule has 1 fully saturated rings. The van der Waals surface area contributed by atoms with Crippen LogP contribution in [0, 0.1) is 0 Å². The van der Waals surface area contributed by atoms with Crippen LogP contribution in [-0.2, 0) is 4.79 Å². The van der Waals surface area contributed by atoms with Crippen LogP contribution in [0.15, 0.2) is 0 Å². The van der Waals surface area contributed by atoms with Gasteiger partial charge in [0, 0.05) is 18.8 Å². The molecular formula is C7H12ClNOS. The molecule has 0 aromatic carbocycles. The molecule has 1 amide bonds. The van der Waals surface area contributed by atoms with E-state index in [0.29, 0.717) is 0 Å². The second kappa shape index (κ2) is 4.88. The van der Waals surface area contributed by atoms with Crippen LogP contribution >= 0.6 is 23.4 Å². The first kappa shape index (κ1) is 9.20. The largest absolute Gasteiger partial charge is 0.341 e. The van der Waals surface area contributed by atoms with Crippen molar-refractivity contribution in [1.82, 2.24) is 4.90 Å². The normalized spacial score (nSPS) is 19.5. The molecule has 0 N–H and O–H groups in total. The Morgan fingerprint density at radius 1 is 1.45 bits per heavy atom. The fraction of sp³-hybridized carbons (Fsp3) is 0.857. The summed E-state index contributed by atoms with van der Waals surface area (Å²) in [5.74, 6) is 2.44. The van der Waals surface area contributed by atoms with Crippen LogP contribution in [0.3, 0.4) is 0 Å². The van der Waals surface area contributed by atoms with Crippen molar-refractivity contribution >= 4 is 29.3 Å². The van der Waals surface area contributed by atoms with Gasteiger partial charge in [-0.05, 0) is 12.2 Å². The molecule has 0 atom stereocenters. The van der Waals surface area contributed by atoms with Gasteiger partial charge < -0.3 is 4.90 Å². The van der Waals surface area contributed by atoms with Gasteiger partial charge in [0.15, 0.2) is 0 Å². The Kier molecular flexibility index (Phi) is 4.08. The predicted molar refractivity (Wildman–Crippen MR) is 49.2 cm³/mol. The molecule has 0 aromatic heterocycles. The van der Waals surface area contributed by atoms with Crippen molar-refractivity contribution in [3.05, 3.63) is 0 Å². The maximum atomic E-state index is 11.1. The van der Waals surface area contributed by atoms with Crippen LogP contribution in [0.25, 0.3) is 0 Å². The van der Waals surface area contributed by atoms with E-state index in [0.717, 1.165) is 25.3 Å². The summed E-state index contributed by atoms with van der Waals surface area (Å²) in [4.78, 5) is 13.0. The number of thioether (sulfide) groups is 1. The van der Waals surface area contributed by atoms with Gasteiger partial charge in [0.25, 0.3) is 0 Å². The lowest BCUT2D eigenvalue weighted by atomic mass is 10.4. The zero-order chi connectivity index (χ0) is 8.10. The lowest BCUT2D eigenvalue weighted by Gasteiger charge is -2.17. The number of carbonyl (C=O) groups is 1. The first-order chi connectivity index (χ1) is 5.34. The standard InChI is InChI=1S/C7H12ClNOS/c8-6-7(10)9-2-1-4-11-5-3-9/h1-6H2. The predicted octanol–water partition coefficient (Wildman–Crippen LogP) is 1.19. The highest BCUT2D eigenvalue weighted by molar-refractivity contribution is 7.99. The molecule has 4 heteroatoms. The third-order valence-electron chi connectivity index (χ3n) is 1.69. The fourth-order valence-electron chi connectivity index (χ4n) is 1.08. The number of rotatable bonds is 1. The minimum absolute atomic E-state index is 0.0779. The summed E-state index contributed by atoms with van der Waals surface area (Å²) in [7, 11) is 0. The number of nitrogens with zero attached hydrogens (tertiary/aromatic N) is 1. The molecule has 1 aliphatic rings. The van der Waals surface area contributed by atoms with Gasteiger partial charge in [-0.25, -0.2) is 0 Å². The van der Waals surface area contributed by atoms with Crippen molar-refractivity contribution in [2.45, 2.75) is 6.42 Å². The summed E-state index contributed by atoms with van der Waals surface area (Å²) < 4.78 is 0. The zero-order valence-electron chi connectivity index (χ0n) is 6.38. The summed E-state index contributed by atoms with van der Waals surface area (Å²) in [5, 5.41) is 0. The summed E-state index contributed by atoms with van der Waals surface area (Å²) >= 11 is 7.35. The highest BCUT2D eigenvalue weighted by Gasteiger charge is 2.13. The number of halogens is 1. The van der Waals surface area contributed by atoms with E-state index >= 15 is 0 Å². The van der Waals surface area contributed by atoms with Gasteiger partial charge in [-0.2, -0.15) is 11.8 Å². The molecule has 0 unspecified atom stereocenters. The number of hydrogen-bond donors (Lipinski definition) is 0. The van der Waals surface area contributed by atoms with Crippen molar-refractivity contribution in [1.29, 1.82) is 0 Å². The Balaban J connectivity index is 2.36. The van der Waals surface area contributed by atoms with Gasteiger partial charge in [0.05, 0.1) is 0 Å². The van der Waals surface area contributed by atoms with Gasteiger partial charge >= 0.3 is 0 Å². The van der Waals surface area contributed by atoms with E-state index in [-0.39, 0.29) is 11.8 Å². The molecule has 1 heterocycles. The summed E-state index contributed by atoms with van der Waals surface area (Å²) in [5.41, 5.74) is 0. The molecule has 2 nitrogen and oxygen atoms in total. The van der Waals surface area contributed by atoms with Crippen molar-refractivity contribution in [2.24, 2.45) is 0 Å². The third-order valence-corrected chi connectivity index (χ3v) is 2.97. The molecule has 1 saturated heterocycles. The van der Waals surface area contributed by atoms with Crippen molar-refractivity contribution in [2.75, 3.05) is 30.5 Å². The summed E-state index contributed by atoms with van der Waals surface area (Å²) in [6.07, 6.45) is 1.10. The highest BCUT2D eigenvalue weighted by atomic mass is 35.5. The van der Waals surface area contributed by atoms with Gasteiger partial charge in [-0.3, -0.25) is 4.79 Å². The third kappa shape index (κ3) is 2.91. The molecule has 0 spiro atoms. The number of amides is 1. The van der Waals surface area contributed by atoms with Crippen LogP contribution < -0.4 is 0 Å². The van der Waals surface area contributed by atoms with E-state index in [4.69, 9.17) is 11.6 Å².